The predicted molar refractivity (Wildman–Crippen MR) is 134 cm³/mol. The maximum Gasteiger partial charge on any atom is 0.408 e. The number of rotatable bonds is 4. The van der Waals surface area contributed by atoms with Gasteiger partial charge in [-0.15, -0.1) is 11.3 Å². The van der Waals surface area contributed by atoms with E-state index in [4.69, 9.17) is 0 Å². The van der Waals surface area contributed by atoms with Gasteiger partial charge in [-0.25, -0.2) is 19.7 Å². The van der Waals surface area contributed by atoms with Crippen LogP contribution in [0.1, 0.15) is 35.3 Å². The molecule has 0 saturated carbocycles. The number of aromatic nitrogens is 3. The fraction of sp³-hybridized carbons (Fsp3) is 0.375. The highest BCUT2D eigenvalue weighted by Gasteiger charge is 2.40. The topological polar surface area (TPSA) is 103 Å². The zero-order valence-electron chi connectivity index (χ0n) is 20.0. The van der Waals surface area contributed by atoms with Crippen molar-refractivity contribution in [3.05, 3.63) is 47.4 Å². The average Bonchev–Trinajstić information content (AvgIpc) is 3.30. The van der Waals surface area contributed by atoms with Gasteiger partial charge in [0.05, 0.1) is 21.6 Å². The summed E-state index contributed by atoms with van der Waals surface area (Å²) in [4.78, 5) is 43.5. The molecule has 0 radical (unpaired) electrons. The maximum atomic E-state index is 13.5. The van der Waals surface area contributed by atoms with Crippen LogP contribution in [-0.4, -0.2) is 58.2 Å². The molecule has 3 aromatic rings. The number of carbonyl (C=O) groups excluding carboxylic acids is 2. The molecule has 1 fully saturated rings. The summed E-state index contributed by atoms with van der Waals surface area (Å²) >= 11 is 1.52. The number of hydrogen-bond donors (Lipinski definition) is 2. The molecule has 2 bridgehead atoms. The Bertz CT molecular complexity index is 1350. The Morgan fingerprint density at radius 1 is 1.22 bits per heavy atom. The molecule has 3 aromatic heterocycles. The average molecular weight is 532 g/mol. The summed E-state index contributed by atoms with van der Waals surface area (Å²) in [5, 5.41) is 5.67. The molecule has 2 N–H and O–H groups in total. The minimum atomic E-state index is -4.59. The Balaban J connectivity index is 1.43. The zero-order valence-corrected chi connectivity index (χ0v) is 20.9. The highest BCUT2D eigenvalue weighted by atomic mass is 32.1. The van der Waals surface area contributed by atoms with Crippen molar-refractivity contribution in [2.24, 2.45) is 0 Å². The number of thiazole rings is 1. The van der Waals surface area contributed by atoms with Crippen molar-refractivity contribution >= 4 is 40.6 Å². The summed E-state index contributed by atoms with van der Waals surface area (Å²) in [5.41, 5.74) is 1.30. The lowest BCUT2D eigenvalue weighted by molar-refractivity contribution is -0.149. The Morgan fingerprint density at radius 3 is 2.76 bits per heavy atom. The Kier molecular flexibility index (Phi) is 6.48. The number of nitrogens with zero attached hydrogens (tertiary/aromatic N) is 5. The third-order valence-electron chi connectivity index (χ3n) is 6.38. The number of amides is 3. The van der Waals surface area contributed by atoms with Crippen molar-refractivity contribution in [1.82, 2.24) is 20.3 Å². The number of aryl methyl sites for hydroxylation is 1. The fourth-order valence-corrected chi connectivity index (χ4v) is 5.25. The second kappa shape index (κ2) is 9.61. The number of fused-ring (bicyclic) bond motifs is 4. The smallest absolute Gasteiger partial charge is 0.366 e. The highest BCUT2D eigenvalue weighted by Crippen LogP contribution is 2.38. The molecule has 13 heteroatoms. The van der Waals surface area contributed by atoms with Gasteiger partial charge in [-0.1, -0.05) is 0 Å². The summed E-state index contributed by atoms with van der Waals surface area (Å²) in [6, 6.07) is 3.85. The molecule has 5 rings (SSSR count). The first-order valence-corrected chi connectivity index (χ1v) is 12.5. The highest BCUT2D eigenvalue weighted by molar-refractivity contribution is 7.15. The third-order valence-corrected chi connectivity index (χ3v) is 7.34. The molecule has 0 spiro atoms. The van der Waals surface area contributed by atoms with Crippen LogP contribution in [0.4, 0.5) is 35.3 Å². The standard InChI is InChI=1S/C24H24F3N7O2S/c1-13(24(25,26)27)30-22(35)17-5-6-18-21(31-17)34(16-4-3-9-33(18)12-16)23(36)32-20-10-15(7-8-28-20)19-11-29-14(2)37-19/h5-8,10-11,13,16H,3-4,9,12H2,1-2H3,(H,30,35)(H,28,32,36)/t13-,16+/m1/s1. The van der Waals surface area contributed by atoms with Crippen LogP contribution in [0.15, 0.2) is 36.7 Å². The van der Waals surface area contributed by atoms with Crippen LogP contribution in [-0.2, 0) is 0 Å². The lowest BCUT2D eigenvalue weighted by atomic mass is 9.99. The molecule has 0 aliphatic carbocycles. The van der Waals surface area contributed by atoms with Gasteiger partial charge in [0.1, 0.15) is 17.6 Å². The lowest BCUT2D eigenvalue weighted by Crippen LogP contribution is -2.56. The van der Waals surface area contributed by atoms with Crippen molar-refractivity contribution < 1.29 is 22.8 Å². The minimum Gasteiger partial charge on any atom is -0.366 e. The van der Waals surface area contributed by atoms with E-state index in [-0.39, 0.29) is 17.6 Å². The first kappa shape index (κ1) is 24.9. The molecule has 2 aliphatic rings. The van der Waals surface area contributed by atoms with Gasteiger partial charge in [-0.05, 0) is 56.5 Å². The molecule has 2 atom stereocenters. The van der Waals surface area contributed by atoms with Gasteiger partial charge in [0.2, 0.25) is 0 Å². The summed E-state index contributed by atoms with van der Waals surface area (Å²) in [6.45, 7) is 4.12. The first-order valence-electron chi connectivity index (χ1n) is 11.7. The van der Waals surface area contributed by atoms with Crippen LogP contribution < -0.4 is 20.4 Å². The summed E-state index contributed by atoms with van der Waals surface area (Å²) in [7, 11) is 0. The van der Waals surface area contributed by atoms with E-state index < -0.39 is 24.2 Å². The monoisotopic (exact) mass is 531 g/mol. The van der Waals surface area contributed by atoms with Crippen LogP contribution in [0, 0.1) is 6.92 Å². The molecule has 9 nitrogen and oxygen atoms in total. The molecule has 0 unspecified atom stereocenters. The number of anilines is 3. The number of halogens is 3. The van der Waals surface area contributed by atoms with Gasteiger partial charge in [-0.3, -0.25) is 15.0 Å². The molecule has 194 valence electrons. The zero-order chi connectivity index (χ0) is 26.3. The molecule has 1 saturated heterocycles. The first-order chi connectivity index (χ1) is 17.6. The van der Waals surface area contributed by atoms with E-state index in [0.717, 1.165) is 41.8 Å². The van der Waals surface area contributed by atoms with Crippen LogP contribution in [0.5, 0.6) is 0 Å². The molecular weight excluding hydrogens is 507 g/mol. The summed E-state index contributed by atoms with van der Waals surface area (Å²) in [5.74, 6) is -0.399. The van der Waals surface area contributed by atoms with E-state index in [1.54, 1.807) is 24.5 Å². The maximum absolute atomic E-state index is 13.5. The number of pyridine rings is 2. The van der Waals surface area contributed by atoms with Crippen molar-refractivity contribution in [3.63, 3.8) is 0 Å². The molecule has 5 heterocycles. The molecule has 2 aliphatic heterocycles. The van der Waals surface area contributed by atoms with Gasteiger partial charge in [-0.2, -0.15) is 13.2 Å². The van der Waals surface area contributed by atoms with Crippen molar-refractivity contribution in [3.8, 4) is 10.4 Å². The van der Waals surface area contributed by atoms with Crippen LogP contribution >= 0.6 is 11.3 Å². The largest absolute Gasteiger partial charge is 0.408 e. The Labute approximate surface area is 214 Å². The number of carbonyl (C=O) groups is 2. The van der Waals surface area contributed by atoms with Gasteiger partial charge in [0.25, 0.3) is 5.91 Å². The van der Waals surface area contributed by atoms with E-state index in [1.807, 2.05) is 18.3 Å². The lowest BCUT2D eigenvalue weighted by Gasteiger charge is -2.45. The van der Waals surface area contributed by atoms with Gasteiger partial charge in [0.15, 0.2) is 5.82 Å². The van der Waals surface area contributed by atoms with Gasteiger partial charge < -0.3 is 10.2 Å². The number of piperidine rings is 1. The summed E-state index contributed by atoms with van der Waals surface area (Å²) in [6.07, 6.45) is 0.347. The Hall–Kier alpha value is -3.74. The normalized spacial score (nSPS) is 17.7. The number of nitrogens with one attached hydrogen (secondary N) is 2. The van der Waals surface area contributed by atoms with E-state index in [1.165, 1.54) is 22.3 Å². The van der Waals surface area contributed by atoms with E-state index in [2.05, 4.69) is 25.2 Å². The number of alkyl halides is 3. The quantitative estimate of drug-likeness (QED) is 0.510. The van der Waals surface area contributed by atoms with E-state index in [9.17, 15) is 22.8 Å². The van der Waals surface area contributed by atoms with Crippen LogP contribution in [0.25, 0.3) is 10.4 Å². The predicted octanol–water partition coefficient (Wildman–Crippen LogP) is 4.61. The van der Waals surface area contributed by atoms with Crippen LogP contribution in [0.3, 0.4) is 0 Å². The van der Waals surface area contributed by atoms with Crippen molar-refractivity contribution in [2.75, 3.05) is 28.2 Å². The summed E-state index contributed by atoms with van der Waals surface area (Å²) < 4.78 is 38.9. The SMILES string of the molecule is Cc1ncc(-c2ccnc(NC(=O)N3c4nc(C(=O)N[C@H](C)C(F)(F)F)ccc4N4CCC[C@H]3C4)c2)s1. The molecular formula is C24H24F3N7O2S. The minimum absolute atomic E-state index is 0.200. The van der Waals surface area contributed by atoms with Crippen molar-refractivity contribution in [1.29, 1.82) is 0 Å². The van der Waals surface area contributed by atoms with Gasteiger partial charge in [0, 0.05) is 25.5 Å². The van der Waals surface area contributed by atoms with Crippen LogP contribution in [0.2, 0.25) is 0 Å². The second-order valence-corrected chi connectivity index (χ2v) is 10.2. The molecule has 0 aromatic carbocycles. The van der Waals surface area contributed by atoms with E-state index >= 15 is 0 Å². The molecule has 3 amide bonds. The Morgan fingerprint density at radius 2 is 2.03 bits per heavy atom. The number of hydrogen-bond acceptors (Lipinski definition) is 7. The fourth-order valence-electron chi connectivity index (χ4n) is 4.48. The molecule has 37 heavy (non-hydrogen) atoms. The van der Waals surface area contributed by atoms with E-state index in [0.29, 0.717) is 18.1 Å². The third kappa shape index (κ3) is 5.08. The van der Waals surface area contributed by atoms with Crippen molar-refractivity contribution in [2.45, 2.75) is 44.9 Å². The number of urea groups is 1. The van der Waals surface area contributed by atoms with Gasteiger partial charge >= 0.3 is 12.2 Å². The second-order valence-electron chi connectivity index (χ2n) is 8.99.